The van der Waals surface area contributed by atoms with Gasteiger partial charge >= 0.3 is 0 Å². The van der Waals surface area contributed by atoms with Crippen molar-refractivity contribution in [2.75, 3.05) is 20.7 Å². The van der Waals surface area contributed by atoms with E-state index in [9.17, 15) is 0 Å². The molecule has 1 aromatic heterocycles. The van der Waals surface area contributed by atoms with E-state index in [1.165, 1.54) is 0 Å². The lowest BCUT2D eigenvalue weighted by Gasteiger charge is -2.18. The van der Waals surface area contributed by atoms with Crippen LogP contribution in [0, 0.1) is 12.3 Å². The molecule has 15 heavy (non-hydrogen) atoms. The molecule has 0 amide bonds. The van der Waals surface area contributed by atoms with Gasteiger partial charge in [-0.25, -0.2) is 0 Å². The molecule has 1 unspecified atom stereocenters. The second kappa shape index (κ2) is 5.49. The molecule has 0 bridgehead atoms. The first-order valence-electron chi connectivity index (χ1n) is 4.64. The number of rotatable bonds is 5. The third-order valence-electron chi connectivity index (χ3n) is 2.12. The van der Waals surface area contributed by atoms with Crippen LogP contribution in [0.25, 0.3) is 0 Å². The van der Waals surface area contributed by atoms with Gasteiger partial charge in [-0.2, -0.15) is 4.98 Å². The zero-order chi connectivity index (χ0) is 11.3. The minimum atomic E-state index is 0.0131. The molecule has 0 fully saturated rings. The van der Waals surface area contributed by atoms with E-state index >= 15 is 0 Å². The van der Waals surface area contributed by atoms with Crippen LogP contribution >= 0.6 is 0 Å². The molecule has 0 aliphatic rings. The number of ether oxygens (including phenoxy) is 1. The highest BCUT2D eigenvalue weighted by atomic mass is 16.5. The Morgan fingerprint density at radius 3 is 3.00 bits per heavy atom. The summed E-state index contributed by atoms with van der Waals surface area (Å²) in [6.45, 7) is 2.86. The largest absolute Gasteiger partial charge is 0.377 e. The van der Waals surface area contributed by atoms with Gasteiger partial charge in [0, 0.05) is 7.11 Å². The van der Waals surface area contributed by atoms with Gasteiger partial charge in [0.05, 0.1) is 12.6 Å². The normalized spacial score (nSPS) is 12.7. The van der Waals surface area contributed by atoms with E-state index in [4.69, 9.17) is 15.7 Å². The van der Waals surface area contributed by atoms with Crippen molar-refractivity contribution in [2.24, 2.45) is 0 Å². The third kappa shape index (κ3) is 3.05. The molecule has 0 aliphatic carbocycles. The van der Waals surface area contributed by atoms with Crippen LogP contribution in [0.4, 0.5) is 0 Å². The van der Waals surface area contributed by atoms with Gasteiger partial charge in [0.1, 0.15) is 6.61 Å². The van der Waals surface area contributed by atoms with E-state index in [0.29, 0.717) is 24.9 Å². The summed E-state index contributed by atoms with van der Waals surface area (Å²) in [6.07, 6.45) is 5.22. The van der Waals surface area contributed by atoms with E-state index in [2.05, 4.69) is 16.1 Å². The van der Waals surface area contributed by atoms with Crippen LogP contribution in [0.3, 0.4) is 0 Å². The molecule has 0 saturated heterocycles. The lowest BCUT2D eigenvalue weighted by Crippen LogP contribution is -2.22. The van der Waals surface area contributed by atoms with Crippen LogP contribution in [0.1, 0.15) is 24.7 Å². The fourth-order valence-corrected chi connectivity index (χ4v) is 1.09. The SMILES string of the molecule is C#CCN(C)C(C)c1nc(COC)no1. The van der Waals surface area contributed by atoms with Gasteiger partial charge < -0.3 is 9.26 Å². The van der Waals surface area contributed by atoms with Gasteiger partial charge in [-0.05, 0) is 14.0 Å². The van der Waals surface area contributed by atoms with Crippen molar-refractivity contribution in [1.82, 2.24) is 15.0 Å². The minimum absolute atomic E-state index is 0.0131. The summed E-state index contributed by atoms with van der Waals surface area (Å²) in [6, 6.07) is 0.0131. The summed E-state index contributed by atoms with van der Waals surface area (Å²) >= 11 is 0. The van der Waals surface area contributed by atoms with Gasteiger partial charge in [-0.3, -0.25) is 4.90 Å². The third-order valence-corrected chi connectivity index (χ3v) is 2.12. The number of aromatic nitrogens is 2. The molecule has 0 spiro atoms. The summed E-state index contributed by atoms with van der Waals surface area (Å²) in [5, 5.41) is 3.78. The lowest BCUT2D eigenvalue weighted by atomic mass is 10.3. The highest BCUT2D eigenvalue weighted by Crippen LogP contribution is 2.15. The molecule has 1 rings (SSSR count). The molecular weight excluding hydrogens is 194 g/mol. The van der Waals surface area contributed by atoms with E-state index in [1.807, 2.05) is 18.9 Å². The quantitative estimate of drug-likeness (QED) is 0.673. The molecule has 0 saturated carbocycles. The van der Waals surface area contributed by atoms with Crippen molar-refractivity contribution < 1.29 is 9.26 Å². The molecule has 1 aromatic rings. The minimum Gasteiger partial charge on any atom is -0.377 e. The molecular formula is C10H15N3O2. The van der Waals surface area contributed by atoms with Crippen molar-refractivity contribution in [2.45, 2.75) is 19.6 Å². The number of hydrogen-bond acceptors (Lipinski definition) is 5. The molecule has 0 radical (unpaired) electrons. The summed E-state index contributed by atoms with van der Waals surface area (Å²) < 4.78 is 9.99. The Labute approximate surface area is 89.4 Å². The Bertz CT molecular complexity index is 343. The summed E-state index contributed by atoms with van der Waals surface area (Å²) in [5.41, 5.74) is 0. The number of terminal acetylenes is 1. The van der Waals surface area contributed by atoms with Gasteiger partial charge in [0.15, 0.2) is 5.82 Å². The summed E-state index contributed by atoms with van der Waals surface area (Å²) in [7, 11) is 3.49. The first-order valence-corrected chi connectivity index (χ1v) is 4.64. The van der Waals surface area contributed by atoms with Crippen molar-refractivity contribution in [3.63, 3.8) is 0 Å². The van der Waals surface area contributed by atoms with E-state index in [0.717, 1.165) is 0 Å². The van der Waals surface area contributed by atoms with E-state index < -0.39 is 0 Å². The Hall–Kier alpha value is -1.38. The topological polar surface area (TPSA) is 51.4 Å². The molecule has 1 atom stereocenters. The fraction of sp³-hybridized carbons (Fsp3) is 0.600. The molecule has 0 N–H and O–H groups in total. The summed E-state index contributed by atoms with van der Waals surface area (Å²) in [4.78, 5) is 6.14. The molecule has 5 heteroatoms. The highest BCUT2D eigenvalue weighted by molar-refractivity contribution is 4.95. The second-order valence-electron chi connectivity index (χ2n) is 3.28. The van der Waals surface area contributed by atoms with Crippen LogP contribution < -0.4 is 0 Å². The van der Waals surface area contributed by atoms with Crippen molar-refractivity contribution in [1.29, 1.82) is 0 Å². The number of nitrogens with zero attached hydrogens (tertiary/aromatic N) is 3. The first-order chi connectivity index (χ1) is 7.19. The van der Waals surface area contributed by atoms with Crippen molar-refractivity contribution in [3.05, 3.63) is 11.7 Å². The monoisotopic (exact) mass is 209 g/mol. The molecule has 5 nitrogen and oxygen atoms in total. The molecule has 0 aliphatic heterocycles. The molecule has 1 heterocycles. The zero-order valence-electron chi connectivity index (χ0n) is 9.23. The predicted octanol–water partition coefficient (Wildman–Crippen LogP) is 0.842. The maximum Gasteiger partial charge on any atom is 0.243 e. The lowest BCUT2D eigenvalue weighted by molar-refractivity contribution is 0.174. The first kappa shape index (κ1) is 11.7. The Balaban J connectivity index is 2.65. The smallest absolute Gasteiger partial charge is 0.243 e. The zero-order valence-corrected chi connectivity index (χ0v) is 9.23. The van der Waals surface area contributed by atoms with Crippen LogP contribution in [0.2, 0.25) is 0 Å². The van der Waals surface area contributed by atoms with Crippen molar-refractivity contribution >= 4 is 0 Å². The van der Waals surface area contributed by atoms with Crippen LogP contribution in [-0.4, -0.2) is 35.7 Å². The van der Waals surface area contributed by atoms with E-state index in [1.54, 1.807) is 7.11 Å². The average Bonchev–Trinajstić information content (AvgIpc) is 2.66. The Morgan fingerprint density at radius 2 is 2.40 bits per heavy atom. The maximum atomic E-state index is 5.22. The maximum absolute atomic E-state index is 5.22. The van der Waals surface area contributed by atoms with Crippen molar-refractivity contribution in [3.8, 4) is 12.3 Å². The number of hydrogen-bond donors (Lipinski definition) is 0. The van der Waals surface area contributed by atoms with Crippen LogP contribution in [0.5, 0.6) is 0 Å². The Kier molecular flexibility index (Phi) is 4.28. The van der Waals surface area contributed by atoms with Gasteiger partial charge in [0.2, 0.25) is 5.89 Å². The van der Waals surface area contributed by atoms with Crippen LogP contribution in [0.15, 0.2) is 4.52 Å². The molecule has 82 valence electrons. The van der Waals surface area contributed by atoms with Gasteiger partial charge in [-0.1, -0.05) is 11.1 Å². The standard InChI is InChI=1S/C10H15N3O2/c1-5-6-13(3)8(2)10-11-9(7-14-4)12-15-10/h1,8H,6-7H2,2-4H3. The summed E-state index contributed by atoms with van der Waals surface area (Å²) in [5.74, 6) is 3.67. The number of methoxy groups -OCH3 is 1. The fourth-order valence-electron chi connectivity index (χ4n) is 1.09. The predicted molar refractivity (Wildman–Crippen MR) is 54.9 cm³/mol. The highest BCUT2D eigenvalue weighted by Gasteiger charge is 2.17. The van der Waals surface area contributed by atoms with Gasteiger partial charge in [-0.15, -0.1) is 6.42 Å². The average molecular weight is 209 g/mol. The van der Waals surface area contributed by atoms with Gasteiger partial charge in [0.25, 0.3) is 0 Å². The van der Waals surface area contributed by atoms with Crippen LogP contribution in [-0.2, 0) is 11.3 Å². The van der Waals surface area contributed by atoms with E-state index in [-0.39, 0.29) is 6.04 Å². The second-order valence-corrected chi connectivity index (χ2v) is 3.28. The Morgan fingerprint density at radius 1 is 1.67 bits per heavy atom. The molecule has 0 aromatic carbocycles.